The van der Waals surface area contributed by atoms with Gasteiger partial charge in [-0.25, -0.2) is 0 Å². The third-order valence-corrected chi connectivity index (χ3v) is 1.55. The van der Waals surface area contributed by atoms with Gasteiger partial charge in [-0.1, -0.05) is 17.7 Å². The zero-order chi connectivity index (χ0) is 6.85. The predicted molar refractivity (Wildman–Crippen MR) is 39.5 cm³/mol. The van der Waals surface area contributed by atoms with E-state index in [4.69, 9.17) is 0 Å². The van der Waals surface area contributed by atoms with Gasteiger partial charge in [0.05, 0.1) is 0 Å². The minimum atomic E-state index is 1.25. The van der Waals surface area contributed by atoms with Crippen molar-refractivity contribution in [1.82, 2.24) is 0 Å². The van der Waals surface area contributed by atoms with E-state index in [1.165, 1.54) is 16.7 Å². The van der Waals surface area contributed by atoms with E-state index >= 15 is 0 Å². The lowest BCUT2D eigenvalue weighted by Crippen LogP contribution is -1.80. The molecule has 0 atom stereocenters. The molecule has 0 bridgehead atoms. The highest BCUT2D eigenvalue weighted by Crippen LogP contribution is 2.06. The summed E-state index contributed by atoms with van der Waals surface area (Å²) in [5.74, 6) is 0. The molecule has 1 radical (unpaired) electrons. The highest BCUT2D eigenvalue weighted by molar-refractivity contribution is 5.27. The van der Waals surface area contributed by atoms with Gasteiger partial charge in [-0.3, -0.25) is 0 Å². The second kappa shape index (κ2) is 2.22. The maximum atomic E-state index is 3.17. The Hall–Kier alpha value is -0.780. The van der Waals surface area contributed by atoms with Gasteiger partial charge in [-0.15, -0.1) is 0 Å². The summed E-state index contributed by atoms with van der Waals surface area (Å²) in [5, 5.41) is 0. The van der Waals surface area contributed by atoms with Crippen molar-refractivity contribution in [2.24, 2.45) is 0 Å². The summed E-state index contributed by atoms with van der Waals surface area (Å²) < 4.78 is 0. The van der Waals surface area contributed by atoms with Gasteiger partial charge in [0.15, 0.2) is 0 Å². The number of hydrogen-bond acceptors (Lipinski definition) is 0. The molecule has 9 heavy (non-hydrogen) atoms. The number of aryl methyl sites for hydroxylation is 3. The van der Waals surface area contributed by atoms with Gasteiger partial charge in [-0.05, 0) is 38.0 Å². The highest BCUT2D eigenvalue weighted by Gasteiger charge is 1.89. The van der Waals surface area contributed by atoms with E-state index in [0.717, 1.165) is 0 Å². The van der Waals surface area contributed by atoms with Crippen molar-refractivity contribution in [2.45, 2.75) is 20.8 Å². The third kappa shape index (κ3) is 1.32. The SMILES string of the molecule is Cc1c[c]c(C)c(C)c1. The Morgan fingerprint density at radius 3 is 2.33 bits per heavy atom. The maximum Gasteiger partial charge on any atom is -0.0147 e. The molecule has 1 aromatic carbocycles. The molecule has 0 aliphatic heterocycles. The van der Waals surface area contributed by atoms with Crippen molar-refractivity contribution >= 4 is 0 Å². The molecule has 0 amide bonds. The van der Waals surface area contributed by atoms with Crippen LogP contribution in [0.5, 0.6) is 0 Å². The second-order valence-electron chi connectivity index (χ2n) is 2.49. The first-order valence-corrected chi connectivity index (χ1v) is 3.15. The average molecular weight is 119 g/mol. The Bertz CT molecular complexity index is 211. The summed E-state index contributed by atoms with van der Waals surface area (Å²) in [6.45, 7) is 6.27. The number of benzene rings is 1. The summed E-state index contributed by atoms with van der Waals surface area (Å²) >= 11 is 0. The molecule has 0 unspecified atom stereocenters. The molecule has 47 valence electrons. The molecule has 0 heteroatoms. The summed E-state index contributed by atoms with van der Waals surface area (Å²) in [6.07, 6.45) is 0. The minimum absolute atomic E-state index is 1.25. The van der Waals surface area contributed by atoms with Gasteiger partial charge in [0, 0.05) is 0 Å². The van der Waals surface area contributed by atoms with Crippen LogP contribution in [0.3, 0.4) is 0 Å². The van der Waals surface area contributed by atoms with Crippen LogP contribution in [0.15, 0.2) is 12.1 Å². The molecule has 1 aromatic rings. The molecule has 0 aliphatic rings. The summed E-state index contributed by atoms with van der Waals surface area (Å²) in [6, 6.07) is 7.36. The summed E-state index contributed by atoms with van der Waals surface area (Å²) in [5.41, 5.74) is 3.87. The van der Waals surface area contributed by atoms with E-state index in [1.807, 2.05) is 6.07 Å². The van der Waals surface area contributed by atoms with E-state index in [1.54, 1.807) is 0 Å². The lowest BCUT2D eigenvalue weighted by molar-refractivity contribution is 1.29. The monoisotopic (exact) mass is 119 g/mol. The summed E-state index contributed by atoms with van der Waals surface area (Å²) in [7, 11) is 0. The van der Waals surface area contributed by atoms with Gasteiger partial charge in [0.1, 0.15) is 0 Å². The zero-order valence-electron chi connectivity index (χ0n) is 6.15. The van der Waals surface area contributed by atoms with E-state index < -0.39 is 0 Å². The molecule has 0 saturated heterocycles. The van der Waals surface area contributed by atoms with Crippen LogP contribution in [-0.4, -0.2) is 0 Å². The first-order valence-electron chi connectivity index (χ1n) is 3.15. The van der Waals surface area contributed by atoms with Gasteiger partial charge in [-0.2, -0.15) is 0 Å². The fraction of sp³-hybridized carbons (Fsp3) is 0.333. The molecule has 0 spiro atoms. The summed E-state index contributed by atoms with van der Waals surface area (Å²) in [4.78, 5) is 0. The molecule has 0 saturated carbocycles. The first-order chi connectivity index (χ1) is 4.20. The van der Waals surface area contributed by atoms with Crippen LogP contribution in [0.25, 0.3) is 0 Å². The van der Waals surface area contributed by atoms with Gasteiger partial charge in [0.2, 0.25) is 0 Å². The Morgan fingerprint density at radius 2 is 1.89 bits per heavy atom. The zero-order valence-corrected chi connectivity index (χ0v) is 6.15. The Kier molecular flexibility index (Phi) is 1.56. The van der Waals surface area contributed by atoms with Crippen molar-refractivity contribution in [3.8, 4) is 0 Å². The lowest BCUT2D eigenvalue weighted by Gasteiger charge is -1.97. The number of hydrogen-bond donors (Lipinski definition) is 0. The molecule has 1 rings (SSSR count). The van der Waals surface area contributed by atoms with Crippen molar-refractivity contribution in [3.05, 3.63) is 34.9 Å². The van der Waals surface area contributed by atoms with Crippen LogP contribution in [-0.2, 0) is 0 Å². The largest absolute Gasteiger partial charge is 0.0561 e. The molecule has 0 aliphatic carbocycles. The fourth-order valence-corrected chi connectivity index (χ4v) is 0.827. The second-order valence-corrected chi connectivity index (χ2v) is 2.49. The maximum absolute atomic E-state index is 3.17. The Balaban J connectivity index is 3.17. The van der Waals surface area contributed by atoms with E-state index in [2.05, 4.69) is 32.9 Å². The Labute approximate surface area is 56.5 Å². The van der Waals surface area contributed by atoms with Gasteiger partial charge >= 0.3 is 0 Å². The van der Waals surface area contributed by atoms with Crippen LogP contribution in [0, 0.1) is 26.8 Å². The molecule has 0 nitrogen and oxygen atoms in total. The van der Waals surface area contributed by atoms with Crippen molar-refractivity contribution in [3.63, 3.8) is 0 Å². The third-order valence-electron chi connectivity index (χ3n) is 1.55. The van der Waals surface area contributed by atoms with E-state index in [-0.39, 0.29) is 0 Å². The van der Waals surface area contributed by atoms with Crippen molar-refractivity contribution in [1.29, 1.82) is 0 Å². The van der Waals surface area contributed by atoms with Crippen molar-refractivity contribution < 1.29 is 0 Å². The average Bonchev–Trinajstić information content (AvgIpc) is 1.80. The quantitative estimate of drug-likeness (QED) is 0.492. The van der Waals surface area contributed by atoms with Crippen LogP contribution in [0.4, 0.5) is 0 Å². The number of rotatable bonds is 0. The van der Waals surface area contributed by atoms with Crippen LogP contribution in [0.2, 0.25) is 0 Å². The standard InChI is InChI=1S/C9H11/c1-7-4-5-8(2)9(3)6-7/h4,6H,1-3H3. The molecular weight excluding hydrogens is 108 g/mol. The predicted octanol–water partition coefficient (Wildman–Crippen LogP) is 2.41. The van der Waals surface area contributed by atoms with Crippen LogP contribution < -0.4 is 0 Å². The molecule has 0 fully saturated rings. The van der Waals surface area contributed by atoms with Crippen LogP contribution in [0.1, 0.15) is 16.7 Å². The topological polar surface area (TPSA) is 0 Å². The minimum Gasteiger partial charge on any atom is -0.0561 e. The van der Waals surface area contributed by atoms with Crippen LogP contribution >= 0.6 is 0 Å². The van der Waals surface area contributed by atoms with E-state index in [0.29, 0.717) is 0 Å². The molecule has 0 N–H and O–H groups in total. The highest BCUT2D eigenvalue weighted by atomic mass is 13.9. The van der Waals surface area contributed by atoms with E-state index in [9.17, 15) is 0 Å². The smallest absolute Gasteiger partial charge is 0.0147 e. The lowest BCUT2D eigenvalue weighted by atomic mass is 10.1. The molecule has 0 heterocycles. The fourth-order valence-electron chi connectivity index (χ4n) is 0.827. The van der Waals surface area contributed by atoms with Gasteiger partial charge < -0.3 is 0 Å². The normalized spacial score (nSPS) is 9.67. The molecular formula is C9H11. The Morgan fingerprint density at radius 1 is 1.22 bits per heavy atom. The first kappa shape index (κ1) is 6.34. The van der Waals surface area contributed by atoms with Gasteiger partial charge in [0.25, 0.3) is 0 Å². The van der Waals surface area contributed by atoms with Crippen molar-refractivity contribution in [2.75, 3.05) is 0 Å². The molecule has 0 aromatic heterocycles.